The summed E-state index contributed by atoms with van der Waals surface area (Å²) in [4.78, 5) is 0. The quantitative estimate of drug-likeness (QED) is 0.607. The zero-order valence-electron chi connectivity index (χ0n) is 7.88. The van der Waals surface area contributed by atoms with Gasteiger partial charge in [-0.15, -0.1) is 6.58 Å². The van der Waals surface area contributed by atoms with Gasteiger partial charge in [-0.25, -0.2) is 0 Å². The van der Waals surface area contributed by atoms with Crippen LogP contribution in [0.25, 0.3) is 0 Å². The maximum atomic E-state index is 9.61. The van der Waals surface area contributed by atoms with Crippen LogP contribution in [0.5, 0.6) is 0 Å². The number of hydrogen-bond acceptors (Lipinski definition) is 1. The lowest BCUT2D eigenvalue weighted by molar-refractivity contribution is 0.0815. The van der Waals surface area contributed by atoms with Gasteiger partial charge in [-0.3, -0.25) is 0 Å². The molecule has 0 bridgehead atoms. The molecule has 0 saturated carbocycles. The molecule has 0 aromatic heterocycles. The first-order chi connectivity index (χ1) is 5.13. The summed E-state index contributed by atoms with van der Waals surface area (Å²) in [7, 11) is 0. The monoisotopic (exact) mass is 156 g/mol. The molecule has 0 rings (SSSR count). The topological polar surface area (TPSA) is 20.2 Å². The molecule has 0 heterocycles. The van der Waals surface area contributed by atoms with Gasteiger partial charge in [0.15, 0.2) is 0 Å². The van der Waals surface area contributed by atoms with E-state index in [-0.39, 0.29) is 6.10 Å². The summed E-state index contributed by atoms with van der Waals surface area (Å²) in [5.74, 6) is 0.989. The molecular weight excluding hydrogens is 136 g/mol. The van der Waals surface area contributed by atoms with Gasteiger partial charge in [-0.2, -0.15) is 0 Å². The Morgan fingerprint density at radius 1 is 1.45 bits per heavy atom. The van der Waals surface area contributed by atoms with Gasteiger partial charge >= 0.3 is 0 Å². The van der Waals surface area contributed by atoms with Crippen LogP contribution < -0.4 is 0 Å². The van der Waals surface area contributed by atoms with Crippen LogP contribution in [0, 0.1) is 11.8 Å². The number of aliphatic hydroxyl groups is 1. The third-order valence-corrected chi connectivity index (χ3v) is 2.23. The Kier molecular flexibility index (Phi) is 5.22. The van der Waals surface area contributed by atoms with Gasteiger partial charge in [0.2, 0.25) is 0 Å². The highest BCUT2D eigenvalue weighted by Crippen LogP contribution is 2.21. The van der Waals surface area contributed by atoms with E-state index in [0.29, 0.717) is 11.8 Å². The average molecular weight is 156 g/mol. The van der Waals surface area contributed by atoms with Crippen LogP contribution in [-0.4, -0.2) is 11.2 Å². The molecule has 11 heavy (non-hydrogen) atoms. The summed E-state index contributed by atoms with van der Waals surface area (Å²) in [6.45, 7) is 10.0. The lowest BCUT2D eigenvalue weighted by Gasteiger charge is -2.23. The van der Waals surface area contributed by atoms with E-state index < -0.39 is 0 Å². The second-order valence-electron chi connectivity index (χ2n) is 3.41. The molecule has 0 aliphatic carbocycles. The van der Waals surface area contributed by atoms with Crippen molar-refractivity contribution in [2.45, 2.75) is 39.7 Å². The van der Waals surface area contributed by atoms with Gasteiger partial charge in [-0.05, 0) is 18.3 Å². The molecule has 0 amide bonds. The normalized spacial score (nSPS) is 16.5. The SMILES string of the molecule is C=CC[C@@H](O)[C@H](CC)C(C)C. The van der Waals surface area contributed by atoms with Crippen molar-refractivity contribution in [2.24, 2.45) is 11.8 Å². The fourth-order valence-corrected chi connectivity index (χ4v) is 1.53. The van der Waals surface area contributed by atoms with Crippen molar-refractivity contribution in [3.8, 4) is 0 Å². The Hall–Kier alpha value is -0.300. The van der Waals surface area contributed by atoms with Gasteiger partial charge in [0.05, 0.1) is 6.10 Å². The highest BCUT2D eigenvalue weighted by atomic mass is 16.3. The molecule has 0 aliphatic rings. The predicted octanol–water partition coefficient (Wildman–Crippen LogP) is 2.61. The zero-order valence-corrected chi connectivity index (χ0v) is 7.88. The van der Waals surface area contributed by atoms with Crippen LogP contribution in [0.15, 0.2) is 12.7 Å². The molecule has 1 nitrogen and oxygen atoms in total. The highest BCUT2D eigenvalue weighted by molar-refractivity contribution is 4.78. The number of rotatable bonds is 5. The first-order valence-electron chi connectivity index (χ1n) is 4.42. The molecule has 0 aliphatic heterocycles. The van der Waals surface area contributed by atoms with Crippen LogP contribution >= 0.6 is 0 Å². The summed E-state index contributed by atoms with van der Waals surface area (Å²) in [6, 6.07) is 0. The van der Waals surface area contributed by atoms with Crippen molar-refractivity contribution in [3.63, 3.8) is 0 Å². The first kappa shape index (κ1) is 10.7. The zero-order chi connectivity index (χ0) is 8.85. The van der Waals surface area contributed by atoms with Gasteiger partial charge in [0.25, 0.3) is 0 Å². The Balaban J connectivity index is 3.90. The van der Waals surface area contributed by atoms with Gasteiger partial charge in [-0.1, -0.05) is 33.3 Å². The molecule has 0 aromatic carbocycles. The predicted molar refractivity (Wildman–Crippen MR) is 49.4 cm³/mol. The van der Waals surface area contributed by atoms with E-state index in [2.05, 4.69) is 27.4 Å². The Bertz CT molecular complexity index is 107. The van der Waals surface area contributed by atoms with Crippen molar-refractivity contribution in [3.05, 3.63) is 12.7 Å². The minimum absolute atomic E-state index is 0.197. The van der Waals surface area contributed by atoms with E-state index in [1.165, 1.54) is 0 Å². The summed E-state index contributed by atoms with van der Waals surface area (Å²) in [5.41, 5.74) is 0. The van der Waals surface area contributed by atoms with Crippen LogP contribution in [0.4, 0.5) is 0 Å². The van der Waals surface area contributed by atoms with Crippen molar-refractivity contribution in [1.29, 1.82) is 0 Å². The number of hydrogen-bond donors (Lipinski definition) is 1. The molecule has 1 heteroatoms. The summed E-state index contributed by atoms with van der Waals surface area (Å²) in [6.07, 6.45) is 3.36. The van der Waals surface area contributed by atoms with Gasteiger partial charge in [0, 0.05) is 0 Å². The Labute approximate surface area is 70.1 Å². The van der Waals surface area contributed by atoms with Crippen LogP contribution in [0.2, 0.25) is 0 Å². The van der Waals surface area contributed by atoms with E-state index in [0.717, 1.165) is 12.8 Å². The van der Waals surface area contributed by atoms with Crippen molar-refractivity contribution >= 4 is 0 Å². The minimum Gasteiger partial charge on any atom is -0.393 e. The summed E-state index contributed by atoms with van der Waals surface area (Å²) in [5, 5.41) is 9.61. The van der Waals surface area contributed by atoms with Crippen LogP contribution in [0.1, 0.15) is 33.6 Å². The standard InChI is InChI=1S/C10H20O/c1-5-7-10(11)9(6-2)8(3)4/h5,8-11H,1,6-7H2,2-4H3/t9-,10-/m1/s1. The van der Waals surface area contributed by atoms with Crippen LogP contribution in [0.3, 0.4) is 0 Å². The molecule has 66 valence electrons. The minimum atomic E-state index is -0.197. The lowest BCUT2D eigenvalue weighted by Crippen LogP contribution is -2.23. The van der Waals surface area contributed by atoms with E-state index >= 15 is 0 Å². The number of aliphatic hydroxyl groups excluding tert-OH is 1. The molecule has 2 atom stereocenters. The lowest BCUT2D eigenvalue weighted by atomic mass is 9.86. The van der Waals surface area contributed by atoms with Crippen LogP contribution in [-0.2, 0) is 0 Å². The molecule has 0 saturated heterocycles. The van der Waals surface area contributed by atoms with Crippen molar-refractivity contribution in [1.82, 2.24) is 0 Å². The maximum absolute atomic E-state index is 9.61. The third kappa shape index (κ3) is 3.57. The highest BCUT2D eigenvalue weighted by Gasteiger charge is 2.18. The Morgan fingerprint density at radius 3 is 2.27 bits per heavy atom. The second kappa shape index (κ2) is 5.36. The van der Waals surface area contributed by atoms with Gasteiger partial charge < -0.3 is 5.11 Å². The molecule has 0 spiro atoms. The molecule has 0 aromatic rings. The molecule has 0 radical (unpaired) electrons. The smallest absolute Gasteiger partial charge is 0.0605 e. The largest absolute Gasteiger partial charge is 0.393 e. The molecule has 0 unspecified atom stereocenters. The summed E-state index contributed by atoms with van der Waals surface area (Å²) < 4.78 is 0. The van der Waals surface area contributed by atoms with E-state index in [4.69, 9.17) is 0 Å². The molecule has 1 N–H and O–H groups in total. The van der Waals surface area contributed by atoms with Gasteiger partial charge in [0.1, 0.15) is 0 Å². The first-order valence-corrected chi connectivity index (χ1v) is 4.42. The second-order valence-corrected chi connectivity index (χ2v) is 3.41. The maximum Gasteiger partial charge on any atom is 0.0605 e. The average Bonchev–Trinajstić information content (AvgIpc) is 1.88. The third-order valence-electron chi connectivity index (χ3n) is 2.23. The summed E-state index contributed by atoms with van der Waals surface area (Å²) >= 11 is 0. The fraction of sp³-hybridized carbons (Fsp3) is 0.800. The fourth-order valence-electron chi connectivity index (χ4n) is 1.53. The van der Waals surface area contributed by atoms with Crippen molar-refractivity contribution < 1.29 is 5.11 Å². The van der Waals surface area contributed by atoms with E-state index in [9.17, 15) is 5.11 Å². The van der Waals surface area contributed by atoms with E-state index in [1.807, 2.05) is 0 Å². The molecule has 0 fully saturated rings. The van der Waals surface area contributed by atoms with E-state index in [1.54, 1.807) is 6.08 Å². The molecular formula is C10H20O. The Morgan fingerprint density at radius 2 is 2.00 bits per heavy atom. The van der Waals surface area contributed by atoms with Crippen molar-refractivity contribution in [2.75, 3.05) is 0 Å².